The van der Waals surface area contributed by atoms with Crippen LogP contribution in [0.2, 0.25) is 0 Å². The summed E-state index contributed by atoms with van der Waals surface area (Å²) in [7, 11) is 0. The lowest BCUT2D eigenvalue weighted by atomic mass is 10.2. The van der Waals surface area contributed by atoms with Gasteiger partial charge in [0.05, 0.1) is 0 Å². The van der Waals surface area contributed by atoms with Gasteiger partial charge in [-0.1, -0.05) is 6.92 Å². The summed E-state index contributed by atoms with van der Waals surface area (Å²) in [4.78, 5) is 20.0. The van der Waals surface area contributed by atoms with Crippen LogP contribution in [0.25, 0.3) is 0 Å². The van der Waals surface area contributed by atoms with Crippen LogP contribution in [0.5, 0.6) is 11.6 Å². The minimum absolute atomic E-state index is 0.0105. The standard InChI is InChI=1S/C17H22N4O2/c1-4-10-19-17(22)12(2)20-14-5-7-15(8-6-14)23-16-9-11-18-13(3)21-16/h5-9,11-12,20H,4,10H2,1-3H3,(H,19,22)/t12-/m0/s1. The molecule has 0 unspecified atom stereocenters. The van der Waals surface area contributed by atoms with Crippen molar-refractivity contribution in [1.29, 1.82) is 0 Å². The Morgan fingerprint density at radius 3 is 2.65 bits per heavy atom. The van der Waals surface area contributed by atoms with Crippen LogP contribution < -0.4 is 15.4 Å². The third kappa shape index (κ3) is 5.25. The van der Waals surface area contributed by atoms with Crippen molar-refractivity contribution in [3.05, 3.63) is 42.4 Å². The number of aryl methyl sites for hydroxylation is 1. The predicted octanol–water partition coefficient (Wildman–Crippen LogP) is 2.90. The molecule has 2 N–H and O–H groups in total. The zero-order chi connectivity index (χ0) is 16.7. The number of rotatable bonds is 7. The predicted molar refractivity (Wildman–Crippen MR) is 89.7 cm³/mol. The van der Waals surface area contributed by atoms with Crippen molar-refractivity contribution in [2.45, 2.75) is 33.2 Å². The second kappa shape index (κ2) is 8.12. The number of aromatic nitrogens is 2. The highest BCUT2D eigenvalue weighted by molar-refractivity contribution is 5.84. The molecule has 0 aliphatic rings. The maximum absolute atomic E-state index is 11.8. The molecule has 23 heavy (non-hydrogen) atoms. The third-order valence-corrected chi connectivity index (χ3v) is 3.15. The van der Waals surface area contributed by atoms with Crippen LogP contribution in [0, 0.1) is 6.92 Å². The minimum atomic E-state index is -0.294. The van der Waals surface area contributed by atoms with E-state index >= 15 is 0 Å². The number of anilines is 1. The van der Waals surface area contributed by atoms with Crippen LogP contribution in [-0.2, 0) is 4.79 Å². The molecule has 6 heteroatoms. The van der Waals surface area contributed by atoms with E-state index in [0.29, 0.717) is 24.0 Å². The molecule has 1 heterocycles. The lowest BCUT2D eigenvalue weighted by Gasteiger charge is -2.15. The zero-order valence-corrected chi connectivity index (χ0v) is 13.7. The van der Waals surface area contributed by atoms with Gasteiger partial charge in [-0.05, 0) is 44.5 Å². The zero-order valence-electron chi connectivity index (χ0n) is 13.7. The number of ether oxygens (including phenoxy) is 1. The van der Waals surface area contributed by atoms with E-state index in [1.165, 1.54) is 0 Å². The number of hydrogen-bond acceptors (Lipinski definition) is 5. The summed E-state index contributed by atoms with van der Waals surface area (Å²) in [6.45, 7) is 6.36. The van der Waals surface area contributed by atoms with Gasteiger partial charge in [-0.25, -0.2) is 4.98 Å². The van der Waals surface area contributed by atoms with Gasteiger partial charge in [-0.15, -0.1) is 0 Å². The monoisotopic (exact) mass is 314 g/mol. The first-order valence-corrected chi connectivity index (χ1v) is 7.70. The Kier molecular flexibility index (Phi) is 5.91. The summed E-state index contributed by atoms with van der Waals surface area (Å²) in [5.41, 5.74) is 0.857. The molecule has 0 aliphatic carbocycles. The van der Waals surface area contributed by atoms with Gasteiger partial charge in [-0.2, -0.15) is 4.98 Å². The molecule has 2 rings (SSSR count). The van der Waals surface area contributed by atoms with Crippen LogP contribution >= 0.6 is 0 Å². The summed E-state index contributed by atoms with van der Waals surface area (Å²) in [6, 6.07) is 8.81. The van der Waals surface area contributed by atoms with E-state index in [2.05, 4.69) is 20.6 Å². The molecule has 6 nitrogen and oxygen atoms in total. The van der Waals surface area contributed by atoms with Gasteiger partial charge >= 0.3 is 0 Å². The summed E-state index contributed by atoms with van der Waals surface area (Å²) in [5.74, 6) is 1.83. The highest BCUT2D eigenvalue weighted by Crippen LogP contribution is 2.21. The van der Waals surface area contributed by atoms with E-state index in [1.54, 1.807) is 12.3 Å². The van der Waals surface area contributed by atoms with Crippen molar-refractivity contribution in [2.75, 3.05) is 11.9 Å². The molecule has 1 aromatic heterocycles. The lowest BCUT2D eigenvalue weighted by molar-refractivity contribution is -0.121. The number of amides is 1. The number of carbonyl (C=O) groups excluding carboxylic acids is 1. The number of benzene rings is 1. The maximum Gasteiger partial charge on any atom is 0.242 e. The molecular weight excluding hydrogens is 292 g/mol. The average molecular weight is 314 g/mol. The van der Waals surface area contributed by atoms with Crippen LogP contribution in [-0.4, -0.2) is 28.5 Å². The number of nitrogens with zero attached hydrogens (tertiary/aromatic N) is 2. The first kappa shape index (κ1) is 16.7. The highest BCUT2D eigenvalue weighted by Gasteiger charge is 2.11. The van der Waals surface area contributed by atoms with Gasteiger partial charge in [-0.3, -0.25) is 4.79 Å². The number of nitrogens with one attached hydrogen (secondary N) is 2. The highest BCUT2D eigenvalue weighted by atomic mass is 16.5. The van der Waals surface area contributed by atoms with Gasteiger partial charge in [0.2, 0.25) is 11.8 Å². The topological polar surface area (TPSA) is 76.1 Å². The average Bonchev–Trinajstić information content (AvgIpc) is 2.54. The van der Waals surface area contributed by atoms with E-state index in [-0.39, 0.29) is 11.9 Å². The summed E-state index contributed by atoms with van der Waals surface area (Å²) < 4.78 is 5.66. The summed E-state index contributed by atoms with van der Waals surface area (Å²) in [5, 5.41) is 6.02. The molecule has 0 spiro atoms. The first-order valence-electron chi connectivity index (χ1n) is 7.70. The Hall–Kier alpha value is -2.63. The quantitative estimate of drug-likeness (QED) is 0.822. The lowest BCUT2D eigenvalue weighted by Crippen LogP contribution is -2.37. The normalized spacial score (nSPS) is 11.6. The molecule has 122 valence electrons. The van der Waals surface area contributed by atoms with Gasteiger partial charge in [0.15, 0.2) is 0 Å². The molecular formula is C17H22N4O2. The van der Waals surface area contributed by atoms with Crippen molar-refractivity contribution in [2.24, 2.45) is 0 Å². The second-order valence-corrected chi connectivity index (χ2v) is 5.23. The van der Waals surface area contributed by atoms with Gasteiger partial charge in [0.25, 0.3) is 0 Å². The summed E-state index contributed by atoms with van der Waals surface area (Å²) >= 11 is 0. The van der Waals surface area contributed by atoms with E-state index in [4.69, 9.17) is 4.74 Å². The Labute approximate surface area is 136 Å². The summed E-state index contributed by atoms with van der Waals surface area (Å²) in [6.07, 6.45) is 2.58. The van der Waals surface area contributed by atoms with E-state index in [9.17, 15) is 4.79 Å². The molecule has 1 amide bonds. The van der Waals surface area contributed by atoms with E-state index < -0.39 is 0 Å². The molecule has 0 aliphatic heterocycles. The molecule has 1 aromatic carbocycles. The molecule has 0 bridgehead atoms. The first-order chi connectivity index (χ1) is 11.1. The SMILES string of the molecule is CCCNC(=O)[C@H](C)Nc1ccc(Oc2ccnc(C)n2)cc1. The van der Waals surface area contributed by atoms with Crippen LogP contribution in [0.15, 0.2) is 36.5 Å². The molecule has 2 aromatic rings. The van der Waals surface area contributed by atoms with Crippen molar-refractivity contribution in [3.8, 4) is 11.6 Å². The molecule has 0 fully saturated rings. The van der Waals surface area contributed by atoms with Crippen molar-refractivity contribution < 1.29 is 9.53 Å². The number of carbonyl (C=O) groups is 1. The van der Waals surface area contributed by atoms with Crippen LogP contribution in [0.1, 0.15) is 26.1 Å². The molecule has 1 atom stereocenters. The fourth-order valence-corrected chi connectivity index (χ4v) is 1.95. The molecule has 0 saturated carbocycles. The van der Waals surface area contributed by atoms with Gasteiger partial charge in [0, 0.05) is 24.5 Å². The Morgan fingerprint density at radius 1 is 1.26 bits per heavy atom. The van der Waals surface area contributed by atoms with Gasteiger partial charge in [0.1, 0.15) is 17.6 Å². The molecule has 0 saturated heterocycles. The number of hydrogen-bond donors (Lipinski definition) is 2. The third-order valence-electron chi connectivity index (χ3n) is 3.15. The van der Waals surface area contributed by atoms with Gasteiger partial charge < -0.3 is 15.4 Å². The fraction of sp³-hybridized carbons (Fsp3) is 0.353. The van der Waals surface area contributed by atoms with Crippen molar-refractivity contribution in [1.82, 2.24) is 15.3 Å². The fourth-order valence-electron chi connectivity index (χ4n) is 1.95. The second-order valence-electron chi connectivity index (χ2n) is 5.23. The Bertz CT molecular complexity index is 643. The van der Waals surface area contributed by atoms with Crippen LogP contribution in [0.4, 0.5) is 5.69 Å². The largest absolute Gasteiger partial charge is 0.439 e. The maximum atomic E-state index is 11.8. The van der Waals surface area contributed by atoms with E-state index in [0.717, 1.165) is 12.1 Å². The van der Waals surface area contributed by atoms with E-state index in [1.807, 2.05) is 45.0 Å². The minimum Gasteiger partial charge on any atom is -0.439 e. The van der Waals surface area contributed by atoms with Crippen molar-refractivity contribution >= 4 is 11.6 Å². The van der Waals surface area contributed by atoms with Crippen molar-refractivity contribution in [3.63, 3.8) is 0 Å². The Balaban J connectivity index is 1.93. The Morgan fingerprint density at radius 2 is 2.00 bits per heavy atom. The molecule has 0 radical (unpaired) electrons. The van der Waals surface area contributed by atoms with Crippen LogP contribution in [0.3, 0.4) is 0 Å². The smallest absolute Gasteiger partial charge is 0.242 e.